The Kier molecular flexibility index (Phi) is 3.88. The fraction of sp³-hybridized carbons (Fsp3) is 0.667. The van der Waals surface area contributed by atoms with Crippen LogP contribution >= 0.6 is 0 Å². The first-order valence-electron chi connectivity index (χ1n) is 5.92. The van der Waals surface area contributed by atoms with Crippen LogP contribution in [-0.2, 0) is 23.8 Å². The monoisotopic (exact) mass is 272 g/mol. The molecule has 2 aliphatic heterocycles. The fourth-order valence-corrected chi connectivity index (χ4v) is 2.33. The number of fused-ring (bicyclic) bond motifs is 2. The summed E-state index contributed by atoms with van der Waals surface area (Å²) in [4.78, 5) is 21.7. The third-order valence-corrected chi connectivity index (χ3v) is 3.22. The molecule has 106 valence electrons. The number of carbonyl (C=O) groups is 2. The van der Waals surface area contributed by atoms with Crippen LogP contribution in [0.4, 0.5) is 0 Å². The number of ether oxygens (including phenoxy) is 3. The molecule has 7 heteroatoms. The van der Waals surface area contributed by atoms with Gasteiger partial charge in [-0.25, -0.2) is 0 Å². The lowest BCUT2D eigenvalue weighted by Crippen LogP contribution is -2.40. The zero-order valence-electron chi connectivity index (χ0n) is 10.7. The van der Waals surface area contributed by atoms with Crippen molar-refractivity contribution in [1.82, 2.24) is 0 Å². The van der Waals surface area contributed by atoms with E-state index in [1.54, 1.807) is 0 Å². The zero-order chi connectivity index (χ0) is 14.2. The zero-order valence-corrected chi connectivity index (χ0v) is 10.7. The number of hydrogen-bond acceptors (Lipinski definition) is 7. The molecule has 0 aliphatic carbocycles. The van der Waals surface area contributed by atoms with Gasteiger partial charge >= 0.3 is 11.9 Å². The normalized spacial score (nSPS) is 32.6. The van der Waals surface area contributed by atoms with Gasteiger partial charge in [-0.2, -0.15) is 0 Å². The lowest BCUT2D eigenvalue weighted by atomic mass is 9.88. The van der Waals surface area contributed by atoms with Crippen molar-refractivity contribution in [3.05, 3.63) is 11.1 Å². The molecule has 0 aromatic heterocycles. The minimum Gasteiger partial charge on any atom is -0.461 e. The number of hydrogen-bond donors (Lipinski definition) is 2. The Balaban J connectivity index is 2.17. The molecular formula is C12H16O7. The molecule has 0 unspecified atom stereocenters. The van der Waals surface area contributed by atoms with Crippen LogP contribution < -0.4 is 0 Å². The van der Waals surface area contributed by atoms with E-state index in [1.165, 1.54) is 13.8 Å². The van der Waals surface area contributed by atoms with Crippen LogP contribution in [0.25, 0.3) is 0 Å². The van der Waals surface area contributed by atoms with Crippen LogP contribution in [0.5, 0.6) is 0 Å². The predicted octanol–water partition coefficient (Wildman–Crippen LogP) is -1.09. The largest absolute Gasteiger partial charge is 0.461 e. The molecule has 0 spiro atoms. The molecule has 1 fully saturated rings. The first-order chi connectivity index (χ1) is 8.91. The molecular weight excluding hydrogens is 256 g/mol. The van der Waals surface area contributed by atoms with Gasteiger partial charge in [-0.1, -0.05) is 0 Å². The highest BCUT2D eigenvalue weighted by Crippen LogP contribution is 2.40. The van der Waals surface area contributed by atoms with Crippen molar-refractivity contribution in [3.8, 4) is 0 Å². The van der Waals surface area contributed by atoms with Crippen molar-refractivity contribution < 1.29 is 34.0 Å². The standard InChI is InChI=1S/C12H16O7/c1-5(13)17-3-7-8(4-18-6(2)14)12-10(16)9(15)11(7)19-12/h9-12,15-16H,3-4H2,1-2H3/t9-,10+,11-,12+. The summed E-state index contributed by atoms with van der Waals surface area (Å²) in [6.45, 7) is 2.45. The minimum atomic E-state index is -1.06. The Morgan fingerprint density at radius 1 is 1.00 bits per heavy atom. The second-order valence-electron chi connectivity index (χ2n) is 4.57. The first-order valence-corrected chi connectivity index (χ1v) is 5.92. The van der Waals surface area contributed by atoms with Crippen LogP contribution in [0.15, 0.2) is 11.1 Å². The van der Waals surface area contributed by atoms with Crippen molar-refractivity contribution in [1.29, 1.82) is 0 Å². The summed E-state index contributed by atoms with van der Waals surface area (Å²) in [6, 6.07) is 0. The van der Waals surface area contributed by atoms with E-state index < -0.39 is 36.4 Å². The quantitative estimate of drug-likeness (QED) is 0.495. The van der Waals surface area contributed by atoms with E-state index in [0.717, 1.165) is 0 Å². The van der Waals surface area contributed by atoms with Gasteiger partial charge in [0.15, 0.2) is 0 Å². The molecule has 2 bridgehead atoms. The highest BCUT2D eigenvalue weighted by Gasteiger charge is 2.53. The lowest BCUT2D eigenvalue weighted by Gasteiger charge is -2.24. The molecule has 7 nitrogen and oxygen atoms in total. The number of rotatable bonds is 4. The van der Waals surface area contributed by atoms with E-state index in [0.29, 0.717) is 11.1 Å². The van der Waals surface area contributed by atoms with Crippen molar-refractivity contribution in [2.45, 2.75) is 38.3 Å². The maximum absolute atomic E-state index is 10.8. The Hall–Kier alpha value is -1.44. The summed E-state index contributed by atoms with van der Waals surface area (Å²) >= 11 is 0. The Morgan fingerprint density at radius 2 is 1.37 bits per heavy atom. The topological polar surface area (TPSA) is 102 Å². The molecule has 19 heavy (non-hydrogen) atoms. The molecule has 4 atom stereocenters. The smallest absolute Gasteiger partial charge is 0.302 e. The maximum atomic E-state index is 10.8. The molecule has 0 amide bonds. The van der Waals surface area contributed by atoms with E-state index in [2.05, 4.69) is 0 Å². The highest BCUT2D eigenvalue weighted by molar-refractivity contribution is 5.67. The van der Waals surface area contributed by atoms with Crippen LogP contribution in [-0.4, -0.2) is 59.8 Å². The van der Waals surface area contributed by atoms with Gasteiger partial charge in [0.1, 0.15) is 37.6 Å². The molecule has 2 aliphatic rings. The summed E-state index contributed by atoms with van der Waals surface area (Å²) in [5.74, 6) is -0.922. The predicted molar refractivity (Wildman–Crippen MR) is 61.0 cm³/mol. The molecule has 2 heterocycles. The van der Waals surface area contributed by atoms with Crippen molar-refractivity contribution in [3.63, 3.8) is 0 Å². The summed E-state index contributed by atoms with van der Waals surface area (Å²) in [5, 5.41) is 19.5. The average Bonchev–Trinajstić information content (AvgIpc) is 2.82. The molecule has 2 rings (SSSR count). The number of aliphatic hydroxyl groups excluding tert-OH is 2. The van der Waals surface area contributed by atoms with Gasteiger partial charge < -0.3 is 24.4 Å². The van der Waals surface area contributed by atoms with Crippen LogP contribution in [0.2, 0.25) is 0 Å². The van der Waals surface area contributed by atoms with Crippen molar-refractivity contribution in [2.75, 3.05) is 13.2 Å². The van der Waals surface area contributed by atoms with Crippen molar-refractivity contribution >= 4 is 11.9 Å². The third kappa shape index (κ3) is 2.63. The van der Waals surface area contributed by atoms with Gasteiger partial charge in [-0.05, 0) is 0 Å². The van der Waals surface area contributed by atoms with E-state index in [4.69, 9.17) is 14.2 Å². The summed E-state index contributed by atoms with van der Waals surface area (Å²) in [6.07, 6.45) is -3.55. The summed E-state index contributed by atoms with van der Waals surface area (Å²) in [5.41, 5.74) is 1.11. The number of aliphatic hydroxyl groups is 2. The SMILES string of the molecule is CC(=O)OCC1=C(COC(C)=O)[C@@H]2O[C@H]1[C@H](O)[C@@H]2O. The van der Waals surface area contributed by atoms with Gasteiger partial charge in [0.05, 0.1) is 0 Å². The summed E-state index contributed by atoms with van der Waals surface area (Å²) in [7, 11) is 0. The van der Waals surface area contributed by atoms with Crippen molar-refractivity contribution in [2.24, 2.45) is 0 Å². The Morgan fingerprint density at radius 3 is 1.68 bits per heavy atom. The van der Waals surface area contributed by atoms with Crippen LogP contribution in [0, 0.1) is 0 Å². The molecule has 1 saturated heterocycles. The fourth-order valence-electron chi connectivity index (χ4n) is 2.33. The molecule has 0 aromatic rings. The second-order valence-corrected chi connectivity index (χ2v) is 4.57. The lowest BCUT2D eigenvalue weighted by molar-refractivity contribution is -0.141. The third-order valence-electron chi connectivity index (χ3n) is 3.22. The molecule has 0 radical (unpaired) electrons. The highest BCUT2D eigenvalue weighted by atomic mass is 16.6. The van der Waals surface area contributed by atoms with Gasteiger partial charge in [0.2, 0.25) is 0 Å². The van der Waals surface area contributed by atoms with Gasteiger partial charge in [-0.15, -0.1) is 0 Å². The first kappa shape index (κ1) is 14.0. The van der Waals surface area contributed by atoms with Crippen LogP contribution in [0.1, 0.15) is 13.8 Å². The van der Waals surface area contributed by atoms with E-state index >= 15 is 0 Å². The maximum Gasteiger partial charge on any atom is 0.302 e. The van der Waals surface area contributed by atoms with Gasteiger partial charge in [0, 0.05) is 25.0 Å². The van der Waals surface area contributed by atoms with Crippen LogP contribution in [0.3, 0.4) is 0 Å². The number of esters is 2. The molecule has 0 saturated carbocycles. The number of carbonyl (C=O) groups excluding carboxylic acids is 2. The van der Waals surface area contributed by atoms with E-state index in [1.807, 2.05) is 0 Å². The second kappa shape index (κ2) is 5.28. The molecule has 0 aromatic carbocycles. The van der Waals surface area contributed by atoms with Gasteiger partial charge in [0.25, 0.3) is 0 Å². The average molecular weight is 272 g/mol. The van der Waals surface area contributed by atoms with E-state index in [9.17, 15) is 19.8 Å². The Labute approximate surface area is 109 Å². The molecule has 2 N–H and O–H groups in total. The van der Waals surface area contributed by atoms with Gasteiger partial charge in [-0.3, -0.25) is 9.59 Å². The minimum absolute atomic E-state index is 0.0448. The van der Waals surface area contributed by atoms with E-state index in [-0.39, 0.29) is 13.2 Å². The Bertz CT molecular complexity index is 390. The summed E-state index contributed by atoms with van der Waals surface area (Å²) < 4.78 is 15.2.